The number of alkyl carbamates (subject to hydrolysis) is 1. The highest BCUT2D eigenvalue weighted by atomic mass is 16.6. The van der Waals surface area contributed by atoms with Crippen molar-refractivity contribution in [3.8, 4) is 0 Å². The molecule has 0 radical (unpaired) electrons. The van der Waals surface area contributed by atoms with Crippen LogP contribution in [0.4, 0.5) is 4.79 Å². The van der Waals surface area contributed by atoms with Crippen molar-refractivity contribution in [3.05, 3.63) is 48.6 Å². The van der Waals surface area contributed by atoms with Gasteiger partial charge in [0, 0.05) is 0 Å². The van der Waals surface area contributed by atoms with E-state index in [0.29, 0.717) is 0 Å². The Labute approximate surface area is 115 Å². The third-order valence-corrected chi connectivity index (χ3v) is 2.73. The normalized spacial score (nSPS) is 14.3. The summed E-state index contributed by atoms with van der Waals surface area (Å²) >= 11 is 0. The molecule has 1 rings (SSSR count). The predicted molar refractivity (Wildman–Crippen MR) is 77.9 cm³/mol. The van der Waals surface area contributed by atoms with Gasteiger partial charge in [-0.1, -0.05) is 43.3 Å². The molecule has 0 aromatic heterocycles. The maximum absolute atomic E-state index is 11.9. The monoisotopic (exact) mass is 261 g/mol. The Morgan fingerprint density at radius 3 is 2.37 bits per heavy atom. The number of nitrogens with one attached hydrogen (secondary N) is 1. The molecule has 0 unspecified atom stereocenters. The second kappa shape index (κ2) is 6.41. The first-order valence-electron chi connectivity index (χ1n) is 6.50. The van der Waals surface area contributed by atoms with Gasteiger partial charge in [-0.25, -0.2) is 4.79 Å². The average Bonchev–Trinajstić information content (AvgIpc) is 2.34. The van der Waals surface area contributed by atoms with Crippen molar-refractivity contribution >= 4 is 6.09 Å². The van der Waals surface area contributed by atoms with Gasteiger partial charge in [-0.05, 0) is 32.3 Å². The largest absolute Gasteiger partial charge is 0.444 e. The number of carbonyl (C=O) groups excluding carboxylic acids is 1. The summed E-state index contributed by atoms with van der Waals surface area (Å²) in [5.74, 6) is 0.120. The first-order valence-corrected chi connectivity index (χ1v) is 6.50. The Hall–Kier alpha value is -1.77. The van der Waals surface area contributed by atoms with Crippen LogP contribution in [0.15, 0.2) is 43.0 Å². The fourth-order valence-corrected chi connectivity index (χ4v) is 1.75. The molecule has 0 fully saturated rings. The van der Waals surface area contributed by atoms with Crippen LogP contribution in [0.1, 0.15) is 39.3 Å². The Morgan fingerprint density at radius 2 is 1.89 bits per heavy atom. The van der Waals surface area contributed by atoms with Crippen LogP contribution in [0.3, 0.4) is 0 Å². The van der Waals surface area contributed by atoms with Gasteiger partial charge in [0.25, 0.3) is 0 Å². The summed E-state index contributed by atoms with van der Waals surface area (Å²) in [5, 5.41) is 2.91. The Balaban J connectivity index is 2.82. The van der Waals surface area contributed by atoms with Crippen LogP contribution in [-0.4, -0.2) is 11.7 Å². The van der Waals surface area contributed by atoms with E-state index in [1.165, 1.54) is 0 Å². The van der Waals surface area contributed by atoms with Crippen molar-refractivity contribution in [2.45, 2.75) is 39.3 Å². The summed E-state index contributed by atoms with van der Waals surface area (Å²) in [5.41, 5.74) is 0.545. The summed E-state index contributed by atoms with van der Waals surface area (Å²) in [6.45, 7) is 11.4. The lowest BCUT2D eigenvalue weighted by Gasteiger charge is -2.26. The van der Waals surface area contributed by atoms with Gasteiger partial charge in [0.05, 0.1) is 6.04 Å². The molecule has 1 aromatic rings. The number of carbonyl (C=O) groups is 1. The molecule has 2 atom stereocenters. The van der Waals surface area contributed by atoms with E-state index in [-0.39, 0.29) is 12.0 Å². The van der Waals surface area contributed by atoms with Crippen LogP contribution in [0.25, 0.3) is 0 Å². The van der Waals surface area contributed by atoms with E-state index >= 15 is 0 Å². The van der Waals surface area contributed by atoms with Crippen LogP contribution < -0.4 is 5.32 Å². The van der Waals surface area contributed by atoms with Gasteiger partial charge < -0.3 is 10.1 Å². The van der Waals surface area contributed by atoms with Gasteiger partial charge in [0.2, 0.25) is 0 Å². The van der Waals surface area contributed by atoms with Gasteiger partial charge in [-0.2, -0.15) is 0 Å². The van der Waals surface area contributed by atoms with Gasteiger partial charge in [-0.3, -0.25) is 0 Å². The van der Waals surface area contributed by atoms with Crippen molar-refractivity contribution in [2.24, 2.45) is 5.92 Å². The summed E-state index contributed by atoms with van der Waals surface area (Å²) in [6, 6.07) is 9.70. The highest BCUT2D eigenvalue weighted by Gasteiger charge is 2.23. The molecule has 0 heterocycles. The first kappa shape index (κ1) is 15.3. The number of rotatable bonds is 4. The molecule has 0 saturated heterocycles. The molecule has 3 nitrogen and oxygen atoms in total. The van der Waals surface area contributed by atoms with Crippen LogP contribution >= 0.6 is 0 Å². The molecule has 0 aliphatic heterocycles. The fourth-order valence-electron chi connectivity index (χ4n) is 1.75. The van der Waals surface area contributed by atoms with Crippen molar-refractivity contribution < 1.29 is 9.53 Å². The molecule has 1 amide bonds. The van der Waals surface area contributed by atoms with E-state index in [1.807, 2.05) is 64.1 Å². The second-order valence-corrected chi connectivity index (χ2v) is 5.63. The minimum Gasteiger partial charge on any atom is -0.444 e. The fraction of sp³-hybridized carbons (Fsp3) is 0.438. The van der Waals surface area contributed by atoms with Gasteiger partial charge in [0.1, 0.15) is 5.60 Å². The lowest BCUT2D eigenvalue weighted by molar-refractivity contribution is 0.0493. The van der Waals surface area contributed by atoms with E-state index in [4.69, 9.17) is 4.74 Å². The number of hydrogen-bond acceptors (Lipinski definition) is 2. The van der Waals surface area contributed by atoms with E-state index < -0.39 is 11.7 Å². The summed E-state index contributed by atoms with van der Waals surface area (Å²) < 4.78 is 5.30. The minimum absolute atomic E-state index is 0.120. The van der Waals surface area contributed by atoms with Crippen LogP contribution in [0, 0.1) is 5.92 Å². The Bertz CT molecular complexity index is 420. The quantitative estimate of drug-likeness (QED) is 0.829. The van der Waals surface area contributed by atoms with Gasteiger partial charge in [0.15, 0.2) is 0 Å². The third kappa shape index (κ3) is 5.16. The average molecular weight is 261 g/mol. The molecular formula is C16H23NO2. The SMILES string of the molecule is C=C[C@@H](C)[C@@H](NC(=O)OC(C)(C)C)c1ccccc1. The van der Waals surface area contributed by atoms with Crippen molar-refractivity contribution in [1.82, 2.24) is 5.32 Å². The van der Waals surface area contributed by atoms with Crippen LogP contribution in [0.2, 0.25) is 0 Å². The summed E-state index contributed by atoms with van der Waals surface area (Å²) in [4.78, 5) is 11.9. The second-order valence-electron chi connectivity index (χ2n) is 5.63. The van der Waals surface area contributed by atoms with Crippen molar-refractivity contribution in [1.29, 1.82) is 0 Å². The first-order chi connectivity index (χ1) is 8.83. The van der Waals surface area contributed by atoms with Crippen molar-refractivity contribution in [3.63, 3.8) is 0 Å². The van der Waals surface area contributed by atoms with Crippen LogP contribution in [-0.2, 0) is 4.74 Å². The highest BCUT2D eigenvalue weighted by Crippen LogP contribution is 2.23. The maximum atomic E-state index is 11.9. The third-order valence-electron chi connectivity index (χ3n) is 2.73. The van der Waals surface area contributed by atoms with Crippen molar-refractivity contribution in [2.75, 3.05) is 0 Å². The molecule has 0 aliphatic carbocycles. The predicted octanol–water partition coefficient (Wildman–Crippen LogP) is 4.07. The topological polar surface area (TPSA) is 38.3 Å². The zero-order valence-corrected chi connectivity index (χ0v) is 12.1. The van der Waals surface area contributed by atoms with E-state index in [1.54, 1.807) is 0 Å². The minimum atomic E-state index is -0.497. The number of amides is 1. The van der Waals surface area contributed by atoms with Crippen LogP contribution in [0.5, 0.6) is 0 Å². The Kier molecular flexibility index (Phi) is 5.16. The number of ether oxygens (including phenoxy) is 1. The molecule has 0 bridgehead atoms. The summed E-state index contributed by atoms with van der Waals surface area (Å²) in [6.07, 6.45) is 1.42. The lowest BCUT2D eigenvalue weighted by atomic mass is 9.95. The van der Waals surface area contributed by atoms with Gasteiger partial charge >= 0.3 is 6.09 Å². The Morgan fingerprint density at radius 1 is 1.32 bits per heavy atom. The van der Waals surface area contributed by atoms with E-state index in [2.05, 4.69) is 11.9 Å². The van der Waals surface area contributed by atoms with E-state index in [0.717, 1.165) is 5.56 Å². The molecule has 0 aliphatic rings. The molecule has 3 heteroatoms. The smallest absolute Gasteiger partial charge is 0.408 e. The number of hydrogen-bond donors (Lipinski definition) is 1. The molecular weight excluding hydrogens is 238 g/mol. The molecule has 1 N–H and O–H groups in total. The molecule has 104 valence electrons. The molecule has 1 aromatic carbocycles. The van der Waals surface area contributed by atoms with E-state index in [9.17, 15) is 4.79 Å². The highest BCUT2D eigenvalue weighted by molar-refractivity contribution is 5.68. The molecule has 0 spiro atoms. The number of benzene rings is 1. The van der Waals surface area contributed by atoms with Gasteiger partial charge in [-0.15, -0.1) is 6.58 Å². The zero-order valence-electron chi connectivity index (χ0n) is 12.1. The molecule has 19 heavy (non-hydrogen) atoms. The standard InChI is InChI=1S/C16H23NO2/c1-6-12(2)14(13-10-8-7-9-11-13)17-15(18)19-16(3,4)5/h6-12,14H,1H2,2-5H3,(H,17,18)/t12-,14-/m1/s1. The zero-order chi connectivity index (χ0) is 14.5. The maximum Gasteiger partial charge on any atom is 0.408 e. The summed E-state index contributed by atoms with van der Waals surface area (Å²) in [7, 11) is 0. The lowest BCUT2D eigenvalue weighted by Crippen LogP contribution is -2.37. The molecule has 0 saturated carbocycles.